The van der Waals surface area contributed by atoms with Crippen LogP contribution in [0.15, 0.2) is 50.6 Å². The van der Waals surface area contributed by atoms with Crippen molar-refractivity contribution in [2.24, 2.45) is 5.10 Å². The number of hydrogen-bond donors (Lipinski definition) is 2. The van der Waals surface area contributed by atoms with E-state index in [-0.39, 0.29) is 12.3 Å². The van der Waals surface area contributed by atoms with Gasteiger partial charge in [-0.05, 0) is 51.8 Å². The number of hydrazone groups is 1. The molecular formula is C15H14BrN3O4. The van der Waals surface area contributed by atoms with E-state index in [2.05, 4.69) is 31.8 Å². The van der Waals surface area contributed by atoms with Gasteiger partial charge < -0.3 is 14.5 Å². The highest BCUT2D eigenvalue weighted by molar-refractivity contribution is 9.10. The summed E-state index contributed by atoms with van der Waals surface area (Å²) in [6.07, 6.45) is 2.86. The van der Waals surface area contributed by atoms with Crippen molar-refractivity contribution in [1.82, 2.24) is 10.7 Å². The Hall–Kier alpha value is -2.61. The molecule has 2 amide bonds. The topological polar surface area (TPSA) is 92.9 Å². The highest BCUT2D eigenvalue weighted by atomic mass is 79.9. The third kappa shape index (κ3) is 4.96. The lowest BCUT2D eigenvalue weighted by molar-refractivity contribution is -0.120. The number of ether oxygens (including phenoxy) is 1. The van der Waals surface area contributed by atoms with Crippen LogP contribution < -0.4 is 15.5 Å². The lowest BCUT2D eigenvalue weighted by atomic mass is 10.2. The fourth-order valence-corrected chi connectivity index (χ4v) is 2.20. The molecule has 2 aromatic rings. The van der Waals surface area contributed by atoms with Crippen LogP contribution in [0.2, 0.25) is 0 Å². The van der Waals surface area contributed by atoms with Crippen LogP contribution in [-0.2, 0) is 4.79 Å². The van der Waals surface area contributed by atoms with E-state index in [1.165, 1.54) is 18.5 Å². The Balaban J connectivity index is 1.79. The van der Waals surface area contributed by atoms with Crippen molar-refractivity contribution >= 4 is 34.0 Å². The molecule has 0 atom stereocenters. The molecule has 0 aliphatic carbocycles. The fraction of sp³-hybridized carbons (Fsp3) is 0.133. The first-order valence-corrected chi connectivity index (χ1v) is 7.36. The van der Waals surface area contributed by atoms with Gasteiger partial charge in [0.05, 0.1) is 30.6 Å². The monoisotopic (exact) mass is 379 g/mol. The Bertz CT molecular complexity index is 714. The van der Waals surface area contributed by atoms with Crippen molar-refractivity contribution in [2.45, 2.75) is 0 Å². The predicted octanol–water partition coefficient (Wildman–Crippen LogP) is 1.93. The molecule has 0 saturated heterocycles. The first-order chi connectivity index (χ1) is 11.1. The third-order valence-electron chi connectivity index (χ3n) is 2.73. The summed E-state index contributed by atoms with van der Waals surface area (Å²) in [6, 6.07) is 8.46. The van der Waals surface area contributed by atoms with Gasteiger partial charge in [-0.25, -0.2) is 5.43 Å². The van der Waals surface area contributed by atoms with E-state index in [1.54, 1.807) is 31.4 Å². The second-order valence-corrected chi connectivity index (χ2v) is 5.20. The summed E-state index contributed by atoms with van der Waals surface area (Å²) < 4.78 is 10.8. The SMILES string of the molecule is COc1ccc(/C=N/NC(=O)CNC(=O)c2ccco2)cc1Br. The highest BCUT2D eigenvalue weighted by Crippen LogP contribution is 2.24. The molecule has 0 fully saturated rings. The normalized spacial score (nSPS) is 10.5. The van der Waals surface area contributed by atoms with Gasteiger partial charge in [-0.15, -0.1) is 0 Å². The lowest BCUT2D eigenvalue weighted by Gasteiger charge is -2.03. The van der Waals surface area contributed by atoms with Crippen molar-refractivity contribution < 1.29 is 18.7 Å². The maximum atomic E-state index is 11.6. The maximum Gasteiger partial charge on any atom is 0.287 e. The van der Waals surface area contributed by atoms with Crippen LogP contribution in [0.4, 0.5) is 0 Å². The lowest BCUT2D eigenvalue weighted by Crippen LogP contribution is -2.34. The van der Waals surface area contributed by atoms with Gasteiger partial charge in [-0.1, -0.05) is 0 Å². The van der Waals surface area contributed by atoms with E-state index in [0.29, 0.717) is 5.75 Å². The van der Waals surface area contributed by atoms with Gasteiger partial charge in [0, 0.05) is 0 Å². The van der Waals surface area contributed by atoms with Gasteiger partial charge >= 0.3 is 0 Å². The van der Waals surface area contributed by atoms with Crippen LogP contribution in [0.1, 0.15) is 16.1 Å². The summed E-state index contributed by atoms with van der Waals surface area (Å²) in [5.74, 6) is -0.0712. The van der Waals surface area contributed by atoms with Crippen molar-refractivity contribution in [1.29, 1.82) is 0 Å². The molecule has 0 aliphatic heterocycles. The van der Waals surface area contributed by atoms with Crippen LogP contribution in [-0.4, -0.2) is 31.7 Å². The van der Waals surface area contributed by atoms with E-state index in [4.69, 9.17) is 9.15 Å². The van der Waals surface area contributed by atoms with Gasteiger partial charge in [-0.3, -0.25) is 9.59 Å². The second kappa shape index (κ2) is 8.14. The smallest absolute Gasteiger partial charge is 0.287 e. The summed E-state index contributed by atoms with van der Waals surface area (Å²) in [5, 5.41) is 6.23. The molecule has 0 unspecified atom stereocenters. The first-order valence-electron chi connectivity index (χ1n) is 6.57. The maximum absolute atomic E-state index is 11.6. The molecule has 120 valence electrons. The summed E-state index contributed by atoms with van der Waals surface area (Å²) >= 11 is 3.36. The molecular weight excluding hydrogens is 366 g/mol. The Kier molecular flexibility index (Phi) is 5.93. The third-order valence-corrected chi connectivity index (χ3v) is 3.35. The van der Waals surface area contributed by atoms with Gasteiger partial charge in [0.15, 0.2) is 5.76 Å². The van der Waals surface area contributed by atoms with Crippen molar-refractivity contribution in [3.63, 3.8) is 0 Å². The Morgan fingerprint density at radius 1 is 1.39 bits per heavy atom. The summed E-state index contributed by atoms with van der Waals surface area (Å²) in [7, 11) is 1.57. The highest BCUT2D eigenvalue weighted by Gasteiger charge is 2.09. The van der Waals surface area contributed by atoms with Crippen molar-refractivity contribution in [2.75, 3.05) is 13.7 Å². The number of carbonyl (C=O) groups excluding carboxylic acids is 2. The number of halogens is 1. The number of benzene rings is 1. The molecule has 0 spiro atoms. The summed E-state index contributed by atoms with van der Waals surface area (Å²) in [4.78, 5) is 23.1. The number of nitrogens with zero attached hydrogens (tertiary/aromatic N) is 1. The first kappa shape index (κ1) is 16.8. The largest absolute Gasteiger partial charge is 0.496 e. The molecule has 0 aliphatic rings. The number of amides is 2. The van der Waals surface area contributed by atoms with E-state index in [1.807, 2.05) is 0 Å². The summed E-state index contributed by atoms with van der Waals surface area (Å²) in [6.45, 7) is -0.205. The number of furan rings is 1. The average Bonchev–Trinajstić information content (AvgIpc) is 3.07. The molecule has 23 heavy (non-hydrogen) atoms. The van der Waals surface area contributed by atoms with Gasteiger partial charge in [0.2, 0.25) is 0 Å². The minimum absolute atomic E-state index is 0.143. The van der Waals surface area contributed by atoms with Gasteiger partial charge in [0.25, 0.3) is 11.8 Å². The summed E-state index contributed by atoms with van der Waals surface area (Å²) in [5.41, 5.74) is 3.09. The molecule has 7 nitrogen and oxygen atoms in total. The fourth-order valence-electron chi connectivity index (χ4n) is 1.64. The zero-order chi connectivity index (χ0) is 16.7. The quantitative estimate of drug-likeness (QED) is 0.592. The molecule has 0 radical (unpaired) electrons. The van der Waals surface area contributed by atoms with E-state index < -0.39 is 11.8 Å². The van der Waals surface area contributed by atoms with E-state index in [0.717, 1.165) is 10.0 Å². The molecule has 1 aromatic carbocycles. The molecule has 8 heteroatoms. The zero-order valence-electron chi connectivity index (χ0n) is 12.2. The Morgan fingerprint density at radius 2 is 2.22 bits per heavy atom. The Morgan fingerprint density at radius 3 is 2.87 bits per heavy atom. The standard InChI is InChI=1S/C15H14BrN3O4/c1-22-12-5-4-10(7-11(12)16)8-18-19-14(20)9-17-15(21)13-3-2-6-23-13/h2-8H,9H2,1H3,(H,17,21)(H,19,20)/b18-8+. The van der Waals surface area contributed by atoms with Gasteiger partial charge in [-0.2, -0.15) is 5.10 Å². The minimum Gasteiger partial charge on any atom is -0.496 e. The molecule has 0 bridgehead atoms. The molecule has 2 rings (SSSR count). The second-order valence-electron chi connectivity index (χ2n) is 4.35. The predicted molar refractivity (Wildman–Crippen MR) is 87.5 cm³/mol. The van der Waals surface area contributed by atoms with Crippen LogP contribution >= 0.6 is 15.9 Å². The number of rotatable bonds is 6. The minimum atomic E-state index is -0.465. The number of nitrogens with one attached hydrogen (secondary N) is 2. The van der Waals surface area contributed by atoms with Crippen molar-refractivity contribution in [3.05, 3.63) is 52.4 Å². The Labute approximate surface area is 140 Å². The molecule has 0 saturated carbocycles. The molecule has 1 heterocycles. The van der Waals surface area contributed by atoms with Crippen molar-refractivity contribution in [3.8, 4) is 5.75 Å². The average molecular weight is 380 g/mol. The number of carbonyl (C=O) groups is 2. The van der Waals surface area contributed by atoms with Gasteiger partial charge in [0.1, 0.15) is 5.75 Å². The molecule has 1 aromatic heterocycles. The zero-order valence-corrected chi connectivity index (χ0v) is 13.8. The number of hydrogen-bond acceptors (Lipinski definition) is 5. The van der Waals surface area contributed by atoms with Crippen LogP contribution in [0.5, 0.6) is 5.75 Å². The van der Waals surface area contributed by atoms with Crippen LogP contribution in [0.3, 0.4) is 0 Å². The van der Waals surface area contributed by atoms with Crippen LogP contribution in [0, 0.1) is 0 Å². The molecule has 2 N–H and O–H groups in total. The van der Waals surface area contributed by atoms with E-state index >= 15 is 0 Å². The number of methoxy groups -OCH3 is 1. The van der Waals surface area contributed by atoms with Crippen LogP contribution in [0.25, 0.3) is 0 Å². The van der Waals surface area contributed by atoms with E-state index in [9.17, 15) is 9.59 Å².